The molecule has 1 unspecified atom stereocenters. The molecule has 1 rings (SSSR count). The van der Waals surface area contributed by atoms with Gasteiger partial charge in [0.1, 0.15) is 5.92 Å². The lowest BCUT2D eigenvalue weighted by Gasteiger charge is -2.23. The number of carbonyl (C=O) groups is 2. The van der Waals surface area contributed by atoms with E-state index in [0.717, 1.165) is 5.56 Å². The van der Waals surface area contributed by atoms with Gasteiger partial charge in [0.2, 0.25) is 5.91 Å². The van der Waals surface area contributed by atoms with Gasteiger partial charge in [0.25, 0.3) is 0 Å². The number of aliphatic carboxylic acids is 1. The minimum Gasteiger partial charge on any atom is -0.481 e. The molecular formula is C13H17NO4. The van der Waals surface area contributed by atoms with E-state index < -0.39 is 17.8 Å². The maximum absolute atomic E-state index is 11.9. The van der Waals surface area contributed by atoms with Crippen LogP contribution in [0.2, 0.25) is 0 Å². The first-order valence-corrected chi connectivity index (χ1v) is 5.72. The lowest BCUT2D eigenvalue weighted by atomic mass is 10.1. The summed E-state index contributed by atoms with van der Waals surface area (Å²) in [6, 6.07) is 9.25. The topological polar surface area (TPSA) is 77.8 Å². The predicted molar refractivity (Wildman–Crippen MR) is 65.7 cm³/mol. The van der Waals surface area contributed by atoms with E-state index in [9.17, 15) is 9.59 Å². The van der Waals surface area contributed by atoms with Crippen LogP contribution in [0.15, 0.2) is 30.3 Å². The Kier molecular flexibility index (Phi) is 5.32. The lowest BCUT2D eigenvalue weighted by molar-refractivity contribution is -0.150. The highest BCUT2D eigenvalue weighted by atomic mass is 16.4. The van der Waals surface area contributed by atoms with Crippen LogP contribution in [-0.2, 0) is 16.1 Å². The Balaban J connectivity index is 2.76. The number of hydrogen-bond donors (Lipinski definition) is 2. The van der Waals surface area contributed by atoms with Gasteiger partial charge in [-0.1, -0.05) is 30.3 Å². The number of rotatable bonds is 6. The molecule has 0 aliphatic rings. The minimum atomic E-state index is -1.16. The van der Waals surface area contributed by atoms with Gasteiger partial charge >= 0.3 is 5.97 Å². The van der Waals surface area contributed by atoms with Gasteiger partial charge in [-0.25, -0.2) is 0 Å². The maximum atomic E-state index is 11.9. The maximum Gasteiger partial charge on any atom is 0.315 e. The first kappa shape index (κ1) is 14.2. The van der Waals surface area contributed by atoms with Crippen molar-refractivity contribution < 1.29 is 19.8 Å². The monoisotopic (exact) mass is 251 g/mol. The molecule has 1 atom stereocenters. The van der Waals surface area contributed by atoms with Crippen molar-refractivity contribution in [2.75, 3.05) is 13.2 Å². The molecule has 0 saturated carbocycles. The van der Waals surface area contributed by atoms with Crippen molar-refractivity contribution >= 4 is 11.9 Å². The van der Waals surface area contributed by atoms with Crippen molar-refractivity contribution in [3.63, 3.8) is 0 Å². The van der Waals surface area contributed by atoms with Crippen molar-refractivity contribution in [2.45, 2.75) is 13.5 Å². The summed E-state index contributed by atoms with van der Waals surface area (Å²) in [5.74, 6) is -2.74. The van der Waals surface area contributed by atoms with Crippen molar-refractivity contribution in [1.82, 2.24) is 4.90 Å². The fourth-order valence-electron chi connectivity index (χ4n) is 1.57. The fourth-order valence-corrected chi connectivity index (χ4v) is 1.57. The Hall–Kier alpha value is -1.88. The predicted octanol–water partition coefficient (Wildman–Crippen LogP) is 0.728. The van der Waals surface area contributed by atoms with Gasteiger partial charge in [-0.05, 0) is 12.5 Å². The van der Waals surface area contributed by atoms with Gasteiger partial charge in [0.05, 0.1) is 6.61 Å². The van der Waals surface area contributed by atoms with Crippen molar-refractivity contribution in [3.8, 4) is 0 Å². The summed E-state index contributed by atoms with van der Waals surface area (Å²) >= 11 is 0. The average molecular weight is 251 g/mol. The zero-order valence-electron chi connectivity index (χ0n) is 10.2. The minimum absolute atomic E-state index is 0.130. The first-order valence-electron chi connectivity index (χ1n) is 5.72. The van der Waals surface area contributed by atoms with Crippen LogP contribution in [0.25, 0.3) is 0 Å². The van der Waals surface area contributed by atoms with Crippen molar-refractivity contribution in [3.05, 3.63) is 35.9 Å². The zero-order chi connectivity index (χ0) is 13.5. The molecule has 1 aromatic carbocycles. The van der Waals surface area contributed by atoms with Gasteiger partial charge in [-0.3, -0.25) is 9.59 Å². The number of nitrogens with zero attached hydrogens (tertiary/aromatic N) is 1. The molecule has 0 bridgehead atoms. The van der Waals surface area contributed by atoms with Gasteiger partial charge < -0.3 is 15.1 Å². The molecular weight excluding hydrogens is 234 g/mol. The number of carbonyl (C=O) groups excluding carboxylic acids is 1. The van der Waals surface area contributed by atoms with Gasteiger partial charge in [0.15, 0.2) is 0 Å². The highest BCUT2D eigenvalue weighted by molar-refractivity contribution is 5.96. The summed E-state index contributed by atoms with van der Waals surface area (Å²) in [6.07, 6.45) is 0. The molecule has 0 aromatic heterocycles. The highest BCUT2D eigenvalue weighted by Crippen LogP contribution is 2.09. The fraction of sp³-hybridized carbons (Fsp3) is 0.385. The molecule has 0 fully saturated rings. The van der Waals surface area contributed by atoms with E-state index in [1.54, 1.807) is 0 Å². The summed E-state index contributed by atoms with van der Waals surface area (Å²) < 4.78 is 0. The molecule has 5 heteroatoms. The number of carboxylic acid groups (broad SMARTS) is 1. The Bertz CT molecular complexity index is 405. The number of hydrogen-bond acceptors (Lipinski definition) is 3. The van der Waals surface area contributed by atoms with Crippen LogP contribution < -0.4 is 0 Å². The lowest BCUT2D eigenvalue weighted by Crippen LogP contribution is -2.39. The van der Waals surface area contributed by atoms with E-state index in [2.05, 4.69) is 0 Å². The summed E-state index contributed by atoms with van der Waals surface area (Å²) in [4.78, 5) is 24.1. The van der Waals surface area contributed by atoms with Crippen LogP contribution in [-0.4, -0.2) is 40.1 Å². The van der Waals surface area contributed by atoms with Gasteiger partial charge in [-0.2, -0.15) is 0 Å². The Morgan fingerprint density at radius 2 is 1.89 bits per heavy atom. The molecule has 18 heavy (non-hydrogen) atoms. The highest BCUT2D eigenvalue weighted by Gasteiger charge is 2.25. The van der Waals surface area contributed by atoms with Gasteiger partial charge in [0, 0.05) is 13.1 Å². The average Bonchev–Trinajstić information content (AvgIpc) is 2.37. The Morgan fingerprint density at radius 1 is 1.28 bits per heavy atom. The van der Waals surface area contributed by atoms with Gasteiger partial charge in [-0.15, -0.1) is 0 Å². The molecule has 0 aliphatic heterocycles. The van der Waals surface area contributed by atoms with E-state index in [-0.39, 0.29) is 13.2 Å². The summed E-state index contributed by atoms with van der Waals surface area (Å²) in [6.45, 7) is 1.59. The molecule has 98 valence electrons. The molecule has 2 N–H and O–H groups in total. The third-order valence-electron chi connectivity index (χ3n) is 2.64. The quantitative estimate of drug-likeness (QED) is 0.731. The van der Waals surface area contributed by atoms with Crippen molar-refractivity contribution in [1.29, 1.82) is 0 Å². The second-order valence-corrected chi connectivity index (χ2v) is 4.03. The zero-order valence-corrected chi connectivity index (χ0v) is 10.2. The second kappa shape index (κ2) is 6.76. The molecule has 0 aliphatic carbocycles. The number of aliphatic hydroxyl groups is 1. The number of benzene rings is 1. The van der Waals surface area contributed by atoms with Crippen LogP contribution in [0.5, 0.6) is 0 Å². The standard InChI is InChI=1S/C13H17NO4/c1-10(13(17)18)12(16)14(7-8-15)9-11-5-3-2-4-6-11/h2-6,10,15H,7-9H2,1H3,(H,17,18). The van der Waals surface area contributed by atoms with Crippen LogP contribution in [0.1, 0.15) is 12.5 Å². The van der Waals surface area contributed by atoms with Crippen LogP contribution in [0.4, 0.5) is 0 Å². The van der Waals surface area contributed by atoms with Crippen molar-refractivity contribution in [2.24, 2.45) is 5.92 Å². The SMILES string of the molecule is CC(C(=O)O)C(=O)N(CCO)Cc1ccccc1. The summed E-state index contributed by atoms with van der Waals surface area (Å²) in [5.41, 5.74) is 0.900. The Morgan fingerprint density at radius 3 is 2.39 bits per heavy atom. The van der Waals surface area contributed by atoms with E-state index in [4.69, 9.17) is 10.2 Å². The van der Waals surface area contributed by atoms with E-state index in [0.29, 0.717) is 6.54 Å². The molecule has 1 aromatic rings. The first-order chi connectivity index (χ1) is 8.56. The van der Waals surface area contributed by atoms with E-state index in [1.807, 2.05) is 30.3 Å². The van der Waals surface area contributed by atoms with E-state index in [1.165, 1.54) is 11.8 Å². The third-order valence-corrected chi connectivity index (χ3v) is 2.64. The number of amides is 1. The normalized spacial score (nSPS) is 11.9. The molecule has 0 saturated heterocycles. The molecule has 5 nitrogen and oxygen atoms in total. The molecule has 0 radical (unpaired) electrons. The molecule has 0 spiro atoms. The summed E-state index contributed by atoms with van der Waals surface area (Å²) in [7, 11) is 0. The van der Waals surface area contributed by atoms with Crippen LogP contribution >= 0.6 is 0 Å². The van der Waals surface area contributed by atoms with Crippen LogP contribution in [0.3, 0.4) is 0 Å². The smallest absolute Gasteiger partial charge is 0.315 e. The largest absolute Gasteiger partial charge is 0.481 e. The molecule has 0 heterocycles. The second-order valence-electron chi connectivity index (χ2n) is 4.03. The summed E-state index contributed by atoms with van der Waals surface area (Å²) in [5, 5.41) is 17.8. The third kappa shape index (κ3) is 3.85. The van der Waals surface area contributed by atoms with Crippen LogP contribution in [0, 0.1) is 5.92 Å². The number of aliphatic hydroxyl groups excluding tert-OH is 1. The van der Waals surface area contributed by atoms with E-state index >= 15 is 0 Å². The number of carboxylic acids is 1. The molecule has 1 amide bonds. The Labute approximate surface area is 106 Å².